The van der Waals surface area contributed by atoms with Gasteiger partial charge in [-0.15, -0.1) is 0 Å². The molecule has 0 unspecified atom stereocenters. The highest BCUT2D eigenvalue weighted by atomic mass is 16.7. The number of nitrogens with one attached hydrogen (secondary N) is 1. The number of aryl methyl sites for hydroxylation is 1. The molecule has 33 heavy (non-hydrogen) atoms. The van der Waals surface area contributed by atoms with Crippen molar-refractivity contribution in [3.05, 3.63) is 71.3 Å². The zero-order valence-corrected chi connectivity index (χ0v) is 19.1. The van der Waals surface area contributed by atoms with Crippen LogP contribution in [0.3, 0.4) is 0 Å². The average Bonchev–Trinajstić information content (AvgIpc) is 2.83. The van der Waals surface area contributed by atoms with Gasteiger partial charge in [0.25, 0.3) is 5.91 Å². The summed E-state index contributed by atoms with van der Waals surface area (Å²) in [6.45, 7) is 5.82. The fourth-order valence-corrected chi connectivity index (χ4v) is 3.67. The number of hydrogen-bond donors (Lipinski definition) is 1. The van der Waals surface area contributed by atoms with E-state index in [1.165, 1.54) is 0 Å². The van der Waals surface area contributed by atoms with Crippen molar-refractivity contribution in [3.8, 4) is 5.75 Å². The Labute approximate surface area is 194 Å². The Hall–Kier alpha value is -3.61. The molecule has 0 radical (unpaired) electrons. The molecule has 3 rings (SSSR count). The number of nitrogens with zero attached hydrogens (tertiary/aromatic N) is 1. The lowest BCUT2D eigenvalue weighted by Gasteiger charge is -2.32. The van der Waals surface area contributed by atoms with E-state index >= 15 is 0 Å². The number of amides is 2. The molecule has 0 atom stereocenters. The van der Waals surface area contributed by atoms with Crippen LogP contribution in [0.2, 0.25) is 0 Å². The highest BCUT2D eigenvalue weighted by Crippen LogP contribution is 2.20. The summed E-state index contributed by atoms with van der Waals surface area (Å²) < 4.78 is 9.75. The van der Waals surface area contributed by atoms with Crippen LogP contribution >= 0.6 is 0 Å². The van der Waals surface area contributed by atoms with Crippen LogP contribution in [-0.2, 0) is 9.53 Å². The van der Waals surface area contributed by atoms with Gasteiger partial charge in [0, 0.05) is 31.3 Å². The standard InChI is InChI=1S/C26H30N2O5/c1-3-32-26(31)33-23-11-8-22(9-12-23)25(30)28-16-14-20(15-17-28)18-27-24(29)13-10-21-7-5-4-6-19(21)2/h4-13,20H,3,14-18H2,1-2H3,(H,27,29)/b13-10+. The fourth-order valence-electron chi connectivity index (χ4n) is 3.67. The number of rotatable bonds is 7. The zero-order chi connectivity index (χ0) is 23.6. The Kier molecular flexibility index (Phi) is 8.63. The zero-order valence-electron chi connectivity index (χ0n) is 19.1. The molecule has 7 nitrogen and oxygen atoms in total. The summed E-state index contributed by atoms with van der Waals surface area (Å²) in [6.07, 6.45) is 4.29. The summed E-state index contributed by atoms with van der Waals surface area (Å²) in [5.74, 6) is 0.504. The number of likely N-dealkylation sites (tertiary alicyclic amines) is 1. The molecule has 2 aromatic rings. The highest BCUT2D eigenvalue weighted by Gasteiger charge is 2.24. The molecule has 174 valence electrons. The van der Waals surface area contributed by atoms with Gasteiger partial charge in [-0.25, -0.2) is 4.79 Å². The lowest BCUT2D eigenvalue weighted by Crippen LogP contribution is -2.41. The maximum Gasteiger partial charge on any atom is 0.513 e. The number of carbonyl (C=O) groups excluding carboxylic acids is 3. The minimum absolute atomic E-state index is 0.0543. The minimum atomic E-state index is -0.767. The Morgan fingerprint density at radius 2 is 1.76 bits per heavy atom. The molecule has 7 heteroatoms. The highest BCUT2D eigenvalue weighted by molar-refractivity contribution is 5.94. The Morgan fingerprint density at radius 3 is 2.42 bits per heavy atom. The summed E-state index contributed by atoms with van der Waals surface area (Å²) in [6, 6.07) is 14.4. The molecule has 0 aromatic heterocycles. The fraction of sp³-hybridized carbons (Fsp3) is 0.346. The molecule has 0 bridgehead atoms. The first-order valence-electron chi connectivity index (χ1n) is 11.2. The van der Waals surface area contributed by atoms with Gasteiger partial charge in [0.1, 0.15) is 5.75 Å². The number of benzene rings is 2. The summed E-state index contributed by atoms with van der Waals surface area (Å²) in [5.41, 5.74) is 2.69. The molecule has 0 saturated carbocycles. The molecule has 1 heterocycles. The van der Waals surface area contributed by atoms with Gasteiger partial charge in [-0.2, -0.15) is 0 Å². The van der Waals surface area contributed by atoms with Gasteiger partial charge in [-0.3, -0.25) is 9.59 Å². The van der Waals surface area contributed by atoms with E-state index in [1.807, 2.05) is 42.2 Å². The van der Waals surface area contributed by atoms with E-state index in [4.69, 9.17) is 9.47 Å². The van der Waals surface area contributed by atoms with Gasteiger partial charge < -0.3 is 19.7 Å². The van der Waals surface area contributed by atoms with Crippen molar-refractivity contribution in [3.63, 3.8) is 0 Å². The average molecular weight is 451 g/mol. The first kappa shape index (κ1) is 24.0. The topological polar surface area (TPSA) is 84.9 Å². The SMILES string of the molecule is CCOC(=O)Oc1ccc(C(=O)N2CCC(CNC(=O)/C=C/c3ccccc3C)CC2)cc1. The Bertz CT molecular complexity index is 992. The largest absolute Gasteiger partial charge is 0.513 e. The normalized spacial score (nSPS) is 14.2. The lowest BCUT2D eigenvalue weighted by molar-refractivity contribution is -0.116. The van der Waals surface area contributed by atoms with E-state index in [2.05, 4.69) is 5.32 Å². The molecule has 0 aliphatic carbocycles. The van der Waals surface area contributed by atoms with Gasteiger partial charge in [0.05, 0.1) is 6.61 Å². The number of carbonyl (C=O) groups is 3. The van der Waals surface area contributed by atoms with Gasteiger partial charge in [0.15, 0.2) is 0 Å². The second-order valence-electron chi connectivity index (χ2n) is 7.98. The molecule has 1 saturated heterocycles. The first-order valence-corrected chi connectivity index (χ1v) is 11.2. The van der Waals surface area contributed by atoms with Crippen molar-refractivity contribution in [2.45, 2.75) is 26.7 Å². The van der Waals surface area contributed by atoms with Crippen LogP contribution < -0.4 is 10.1 Å². The molecule has 2 amide bonds. The van der Waals surface area contributed by atoms with Crippen molar-refractivity contribution in [1.82, 2.24) is 10.2 Å². The van der Waals surface area contributed by atoms with Crippen LogP contribution in [0.4, 0.5) is 4.79 Å². The molecular formula is C26H30N2O5. The van der Waals surface area contributed by atoms with Crippen molar-refractivity contribution in [1.29, 1.82) is 0 Å². The van der Waals surface area contributed by atoms with E-state index in [9.17, 15) is 14.4 Å². The van der Waals surface area contributed by atoms with Crippen LogP contribution in [0, 0.1) is 12.8 Å². The van der Waals surface area contributed by atoms with E-state index in [-0.39, 0.29) is 18.4 Å². The predicted molar refractivity (Wildman–Crippen MR) is 126 cm³/mol. The molecule has 1 aliphatic rings. The second kappa shape index (κ2) is 11.9. The monoisotopic (exact) mass is 450 g/mol. The summed E-state index contributed by atoms with van der Waals surface area (Å²) in [4.78, 5) is 38.1. The molecule has 1 fully saturated rings. The second-order valence-corrected chi connectivity index (χ2v) is 7.98. The van der Waals surface area contributed by atoms with Crippen LogP contribution in [0.5, 0.6) is 5.75 Å². The Balaban J connectivity index is 1.42. The van der Waals surface area contributed by atoms with Crippen molar-refractivity contribution in [2.24, 2.45) is 5.92 Å². The third-order valence-corrected chi connectivity index (χ3v) is 5.63. The predicted octanol–water partition coefficient (Wildman–Crippen LogP) is 4.21. The van der Waals surface area contributed by atoms with Gasteiger partial charge in [-0.05, 0) is 74.1 Å². The number of hydrogen-bond acceptors (Lipinski definition) is 5. The van der Waals surface area contributed by atoms with Crippen molar-refractivity contribution < 1.29 is 23.9 Å². The molecule has 2 aromatic carbocycles. The van der Waals surface area contributed by atoms with Crippen LogP contribution in [0.25, 0.3) is 6.08 Å². The van der Waals surface area contributed by atoms with Gasteiger partial charge in [-0.1, -0.05) is 24.3 Å². The summed E-state index contributed by atoms with van der Waals surface area (Å²) >= 11 is 0. The first-order chi connectivity index (χ1) is 16.0. The third-order valence-electron chi connectivity index (χ3n) is 5.63. The number of ether oxygens (including phenoxy) is 2. The summed E-state index contributed by atoms with van der Waals surface area (Å²) in [7, 11) is 0. The van der Waals surface area contributed by atoms with E-state index in [0.29, 0.717) is 36.9 Å². The van der Waals surface area contributed by atoms with Crippen LogP contribution in [0.15, 0.2) is 54.6 Å². The molecule has 0 spiro atoms. The van der Waals surface area contributed by atoms with Crippen LogP contribution in [-0.4, -0.2) is 49.1 Å². The minimum Gasteiger partial charge on any atom is -0.434 e. The van der Waals surface area contributed by atoms with E-state index in [1.54, 1.807) is 37.3 Å². The molecule has 1 N–H and O–H groups in total. The van der Waals surface area contributed by atoms with E-state index in [0.717, 1.165) is 24.0 Å². The third kappa shape index (κ3) is 7.20. The maximum absolute atomic E-state index is 12.8. The van der Waals surface area contributed by atoms with Crippen LogP contribution in [0.1, 0.15) is 41.3 Å². The maximum atomic E-state index is 12.8. The lowest BCUT2D eigenvalue weighted by atomic mass is 9.96. The Morgan fingerprint density at radius 1 is 1.06 bits per heavy atom. The molecular weight excluding hydrogens is 420 g/mol. The van der Waals surface area contributed by atoms with Crippen molar-refractivity contribution in [2.75, 3.05) is 26.2 Å². The molecule has 1 aliphatic heterocycles. The smallest absolute Gasteiger partial charge is 0.434 e. The van der Waals surface area contributed by atoms with Gasteiger partial charge in [0.2, 0.25) is 5.91 Å². The summed E-state index contributed by atoms with van der Waals surface area (Å²) in [5, 5.41) is 2.97. The van der Waals surface area contributed by atoms with Crippen molar-refractivity contribution >= 4 is 24.0 Å². The van der Waals surface area contributed by atoms with E-state index < -0.39 is 6.16 Å². The quantitative estimate of drug-likeness (QED) is 0.388. The van der Waals surface area contributed by atoms with Gasteiger partial charge >= 0.3 is 6.16 Å². The number of piperidine rings is 1.